The zero-order valence-corrected chi connectivity index (χ0v) is 21.2. The molecule has 1 atom stereocenters. The molecule has 4 rings (SSSR count). The highest BCUT2D eigenvalue weighted by Gasteiger charge is 2.18. The first kappa shape index (κ1) is 27.6. The molecule has 2 aromatic carbocycles. The number of nitrogens with two attached hydrogens (primary N) is 1. The van der Waals surface area contributed by atoms with Crippen LogP contribution in [0.2, 0.25) is 0 Å². The Kier molecular flexibility index (Phi) is 8.59. The lowest BCUT2D eigenvalue weighted by molar-refractivity contribution is -0.132. The van der Waals surface area contributed by atoms with Crippen LogP contribution in [-0.2, 0) is 17.9 Å². The third-order valence-electron chi connectivity index (χ3n) is 6.12. The standard InChI is InChI=1S/C28H26N6O6/c29-22-23(25(36)24(22)35)30-13-16-5-3-6-17(11-16)14-31-26(37)20-12-21(33-15-32-20)27(38)34-19-9-2-1-7-18(28(39)40)8-4-10-19/h1,3-8,10-12,15,19,30H,2,9,13-14,29H2,(H,31,37)(H,34,38)(H,39,40)/b7-1+,10-4+,18-8+/t19-/m0/s1. The SMILES string of the molecule is Nc1c(NCc2cccc(CNC(=O)c3cc(C(=O)N[C@@H]4/C=C/C=C(C(=O)O)\C=C\CC4)ncn3)c2)c(=O)c1=O. The maximum atomic E-state index is 12.8. The number of carbonyl (C=O) groups is 3. The Morgan fingerprint density at radius 2 is 1.73 bits per heavy atom. The molecule has 0 fully saturated rings. The van der Waals surface area contributed by atoms with Crippen molar-refractivity contribution in [3.8, 4) is 0 Å². The second-order valence-corrected chi connectivity index (χ2v) is 8.96. The maximum absolute atomic E-state index is 12.8. The number of carboxylic acid groups (broad SMARTS) is 1. The van der Waals surface area contributed by atoms with Gasteiger partial charge in [-0.3, -0.25) is 19.2 Å². The molecular formula is C28H26N6O6. The van der Waals surface area contributed by atoms with Crippen LogP contribution in [0, 0.1) is 0 Å². The van der Waals surface area contributed by atoms with Crippen molar-refractivity contribution >= 4 is 29.2 Å². The Morgan fingerprint density at radius 1 is 1.00 bits per heavy atom. The van der Waals surface area contributed by atoms with Gasteiger partial charge in [0.05, 0.1) is 5.57 Å². The number of amides is 2. The van der Waals surface area contributed by atoms with Crippen LogP contribution in [0.3, 0.4) is 0 Å². The molecule has 0 saturated heterocycles. The summed E-state index contributed by atoms with van der Waals surface area (Å²) >= 11 is 0. The van der Waals surface area contributed by atoms with Gasteiger partial charge in [-0.25, -0.2) is 14.8 Å². The Bertz CT molecular complexity index is 1620. The van der Waals surface area contributed by atoms with Gasteiger partial charge in [-0.2, -0.15) is 0 Å². The summed E-state index contributed by atoms with van der Waals surface area (Å²) in [6.45, 7) is 0.442. The Morgan fingerprint density at radius 3 is 2.45 bits per heavy atom. The second kappa shape index (κ2) is 12.4. The van der Waals surface area contributed by atoms with Crippen LogP contribution in [0.15, 0.2) is 82.2 Å². The quantitative estimate of drug-likeness (QED) is 0.245. The Hall–Kier alpha value is -5.39. The molecule has 1 heterocycles. The summed E-state index contributed by atoms with van der Waals surface area (Å²) in [5.41, 5.74) is 5.98. The maximum Gasteiger partial charge on any atom is 0.335 e. The van der Waals surface area contributed by atoms with Crippen LogP contribution < -0.4 is 32.5 Å². The second-order valence-electron chi connectivity index (χ2n) is 8.96. The number of aromatic nitrogens is 2. The Labute approximate surface area is 228 Å². The third-order valence-corrected chi connectivity index (χ3v) is 6.12. The van der Waals surface area contributed by atoms with E-state index >= 15 is 0 Å². The molecule has 0 unspecified atom stereocenters. The molecular weight excluding hydrogens is 516 g/mol. The van der Waals surface area contributed by atoms with Gasteiger partial charge < -0.3 is 26.8 Å². The zero-order chi connectivity index (χ0) is 28.6. The topological polar surface area (TPSA) is 193 Å². The van der Waals surface area contributed by atoms with Crippen molar-refractivity contribution in [1.29, 1.82) is 0 Å². The number of allylic oxidation sites excluding steroid dienone is 3. The van der Waals surface area contributed by atoms with Gasteiger partial charge in [0.25, 0.3) is 22.7 Å². The molecule has 0 saturated carbocycles. The van der Waals surface area contributed by atoms with Crippen LogP contribution >= 0.6 is 0 Å². The molecule has 3 aromatic rings. The minimum Gasteiger partial charge on any atom is -0.478 e. The first-order valence-corrected chi connectivity index (χ1v) is 12.3. The van der Waals surface area contributed by atoms with E-state index in [4.69, 9.17) is 10.8 Å². The highest BCUT2D eigenvalue weighted by atomic mass is 16.4. The van der Waals surface area contributed by atoms with E-state index in [9.17, 15) is 24.0 Å². The molecule has 1 aliphatic rings. The molecule has 12 nitrogen and oxygen atoms in total. The highest BCUT2D eigenvalue weighted by molar-refractivity contribution is 5.97. The summed E-state index contributed by atoms with van der Waals surface area (Å²) < 4.78 is 0. The summed E-state index contributed by atoms with van der Waals surface area (Å²) in [6, 6.07) is 8.16. The average Bonchev–Trinajstić information content (AvgIpc) is 3.08. The number of nitrogens with one attached hydrogen (secondary N) is 3. The van der Waals surface area contributed by atoms with E-state index in [1.165, 1.54) is 18.2 Å². The number of rotatable bonds is 9. The number of anilines is 2. The fraction of sp³-hybridized carbons (Fsp3) is 0.179. The fourth-order valence-electron chi connectivity index (χ4n) is 3.94. The summed E-state index contributed by atoms with van der Waals surface area (Å²) in [5, 5.41) is 17.6. The van der Waals surface area contributed by atoms with E-state index in [0.717, 1.165) is 17.5 Å². The normalized spacial score (nSPS) is 17.8. The van der Waals surface area contributed by atoms with E-state index in [1.807, 2.05) is 18.2 Å². The molecule has 0 bridgehead atoms. The molecule has 0 radical (unpaired) electrons. The summed E-state index contributed by atoms with van der Waals surface area (Å²) in [7, 11) is 0. The number of carboxylic acids is 1. The van der Waals surface area contributed by atoms with E-state index in [0.29, 0.717) is 12.8 Å². The minimum atomic E-state index is -1.04. The average molecular weight is 543 g/mol. The van der Waals surface area contributed by atoms with Crippen LogP contribution in [0.4, 0.5) is 11.4 Å². The van der Waals surface area contributed by atoms with Crippen LogP contribution in [0.5, 0.6) is 0 Å². The number of aliphatic carboxylic acids is 1. The van der Waals surface area contributed by atoms with Crippen molar-refractivity contribution in [2.24, 2.45) is 0 Å². The molecule has 2 amide bonds. The van der Waals surface area contributed by atoms with Gasteiger partial charge in [0.2, 0.25) is 0 Å². The number of carbonyl (C=O) groups excluding carboxylic acids is 2. The van der Waals surface area contributed by atoms with Gasteiger partial charge >= 0.3 is 5.97 Å². The lowest BCUT2D eigenvalue weighted by Gasteiger charge is -2.14. The van der Waals surface area contributed by atoms with Crippen LogP contribution in [-0.4, -0.2) is 38.9 Å². The van der Waals surface area contributed by atoms with E-state index in [-0.39, 0.29) is 47.5 Å². The van der Waals surface area contributed by atoms with E-state index < -0.39 is 28.6 Å². The van der Waals surface area contributed by atoms with Gasteiger partial charge in [-0.15, -0.1) is 0 Å². The largest absolute Gasteiger partial charge is 0.478 e. The van der Waals surface area contributed by atoms with Gasteiger partial charge in [-0.05, 0) is 30.0 Å². The van der Waals surface area contributed by atoms with Crippen molar-refractivity contribution in [1.82, 2.24) is 20.6 Å². The van der Waals surface area contributed by atoms with Crippen molar-refractivity contribution < 1.29 is 19.5 Å². The van der Waals surface area contributed by atoms with Gasteiger partial charge in [0, 0.05) is 25.2 Å². The van der Waals surface area contributed by atoms with E-state index in [1.54, 1.807) is 24.3 Å². The summed E-state index contributed by atoms with van der Waals surface area (Å²) in [5.74, 6) is -2.04. The first-order valence-electron chi connectivity index (χ1n) is 12.3. The molecule has 0 aliphatic heterocycles. The molecule has 0 spiro atoms. The smallest absolute Gasteiger partial charge is 0.335 e. The van der Waals surface area contributed by atoms with Gasteiger partial charge in [0.15, 0.2) is 0 Å². The molecule has 204 valence electrons. The van der Waals surface area contributed by atoms with Crippen LogP contribution in [0.25, 0.3) is 0 Å². The number of hydrogen-bond acceptors (Lipinski definition) is 9. The molecule has 1 aliphatic carbocycles. The van der Waals surface area contributed by atoms with Crippen molar-refractivity contribution in [3.05, 3.63) is 116 Å². The fourth-order valence-corrected chi connectivity index (χ4v) is 3.94. The monoisotopic (exact) mass is 542 g/mol. The minimum absolute atomic E-state index is 0.00974. The van der Waals surface area contributed by atoms with Gasteiger partial charge in [-0.1, -0.05) is 48.6 Å². The first-order chi connectivity index (χ1) is 19.2. The Balaban J connectivity index is 1.34. The summed E-state index contributed by atoms with van der Waals surface area (Å²) in [4.78, 5) is 67.5. The number of nitrogens with zero attached hydrogens (tertiary/aromatic N) is 2. The van der Waals surface area contributed by atoms with E-state index in [2.05, 4.69) is 25.9 Å². The van der Waals surface area contributed by atoms with Crippen molar-refractivity contribution in [2.75, 3.05) is 11.1 Å². The number of benzene rings is 1. The predicted molar refractivity (Wildman–Crippen MR) is 147 cm³/mol. The predicted octanol–water partition coefficient (Wildman–Crippen LogP) is 1.21. The van der Waals surface area contributed by atoms with Crippen molar-refractivity contribution in [3.63, 3.8) is 0 Å². The molecule has 6 N–H and O–H groups in total. The highest BCUT2D eigenvalue weighted by Crippen LogP contribution is 2.13. The zero-order valence-electron chi connectivity index (χ0n) is 21.2. The lowest BCUT2D eigenvalue weighted by atomic mass is 10.1. The third kappa shape index (κ3) is 6.72. The van der Waals surface area contributed by atoms with Gasteiger partial charge in [0.1, 0.15) is 29.1 Å². The lowest BCUT2D eigenvalue weighted by Crippen LogP contribution is -2.36. The van der Waals surface area contributed by atoms with Crippen LogP contribution in [0.1, 0.15) is 44.9 Å². The molecule has 40 heavy (non-hydrogen) atoms. The number of nitrogen functional groups attached to an aromatic ring is 1. The molecule has 12 heteroatoms. The summed E-state index contributed by atoms with van der Waals surface area (Å²) in [6.07, 6.45) is 10.2. The molecule has 1 aromatic heterocycles. The van der Waals surface area contributed by atoms with Crippen molar-refractivity contribution in [2.45, 2.75) is 32.0 Å². The number of hydrogen-bond donors (Lipinski definition) is 5.